The van der Waals surface area contributed by atoms with Crippen molar-refractivity contribution in [2.24, 2.45) is 0 Å². The molecule has 0 spiro atoms. The lowest BCUT2D eigenvalue weighted by Gasteiger charge is -2.17. The Bertz CT molecular complexity index is 1360. The molecule has 1 aliphatic carbocycles. The fourth-order valence-corrected chi connectivity index (χ4v) is 4.53. The van der Waals surface area contributed by atoms with Gasteiger partial charge in [0.05, 0.1) is 35.7 Å². The zero-order valence-corrected chi connectivity index (χ0v) is 19.4. The molecule has 0 saturated heterocycles. The van der Waals surface area contributed by atoms with E-state index in [0.29, 0.717) is 54.0 Å². The third-order valence-electron chi connectivity index (χ3n) is 6.17. The van der Waals surface area contributed by atoms with Gasteiger partial charge in [0.1, 0.15) is 12.0 Å². The van der Waals surface area contributed by atoms with Crippen LogP contribution in [-0.2, 0) is 11.2 Å². The molecule has 4 aromatic rings. The van der Waals surface area contributed by atoms with Crippen LogP contribution in [0.2, 0.25) is 0 Å². The maximum absolute atomic E-state index is 12.8. The van der Waals surface area contributed by atoms with Crippen LogP contribution in [0, 0.1) is 6.92 Å². The number of fused-ring (bicyclic) bond motifs is 1. The summed E-state index contributed by atoms with van der Waals surface area (Å²) in [5.41, 5.74) is 4.29. The summed E-state index contributed by atoms with van der Waals surface area (Å²) in [6.07, 6.45) is 11.9. The first-order chi connectivity index (χ1) is 17.1. The molecule has 1 fully saturated rings. The smallest absolute Gasteiger partial charge is 0.323 e. The fraction of sp³-hybridized carbons (Fsp3) is 0.375. The highest BCUT2D eigenvalue weighted by atomic mass is 16.5. The number of hydrogen-bond acceptors (Lipinski definition) is 8. The van der Waals surface area contributed by atoms with Crippen LogP contribution in [0.5, 0.6) is 0 Å². The van der Waals surface area contributed by atoms with Gasteiger partial charge >= 0.3 is 6.03 Å². The summed E-state index contributed by atoms with van der Waals surface area (Å²) < 4.78 is 7.07. The van der Waals surface area contributed by atoms with Crippen molar-refractivity contribution in [3.8, 4) is 11.5 Å². The number of amides is 2. The molecule has 11 nitrogen and oxygen atoms in total. The van der Waals surface area contributed by atoms with Crippen molar-refractivity contribution in [3.63, 3.8) is 0 Å². The first kappa shape index (κ1) is 22.6. The molecule has 180 valence electrons. The van der Waals surface area contributed by atoms with Gasteiger partial charge in [-0.1, -0.05) is 18.0 Å². The van der Waals surface area contributed by atoms with E-state index in [9.17, 15) is 9.59 Å². The van der Waals surface area contributed by atoms with Gasteiger partial charge in [0.2, 0.25) is 11.7 Å². The van der Waals surface area contributed by atoms with E-state index in [1.54, 1.807) is 24.7 Å². The van der Waals surface area contributed by atoms with Crippen LogP contribution in [-0.4, -0.2) is 42.0 Å². The number of aldehydes is 1. The number of carbonyl (C=O) groups is 2. The summed E-state index contributed by atoms with van der Waals surface area (Å²) in [5, 5.41) is 14.2. The Morgan fingerprint density at radius 2 is 2.09 bits per heavy atom. The number of carbonyl (C=O) groups excluding carboxylic acids is 2. The SMILES string of the molecule is Cc1cc(NC(=O)Nc2cnc3ccnn3c2C2CCCC2)cnc1-c1noc(CCCC=O)n1. The van der Waals surface area contributed by atoms with E-state index >= 15 is 0 Å². The Balaban J connectivity index is 1.29. The van der Waals surface area contributed by atoms with E-state index in [-0.39, 0.29) is 6.03 Å². The monoisotopic (exact) mass is 474 g/mol. The number of anilines is 2. The molecule has 0 bridgehead atoms. The molecule has 0 aliphatic heterocycles. The maximum Gasteiger partial charge on any atom is 0.323 e. The van der Waals surface area contributed by atoms with Crippen molar-refractivity contribution in [2.45, 2.75) is 57.8 Å². The highest BCUT2D eigenvalue weighted by molar-refractivity contribution is 6.00. The minimum absolute atomic E-state index is 0.331. The molecule has 11 heteroatoms. The van der Waals surface area contributed by atoms with Gasteiger partial charge in [-0.25, -0.2) is 14.3 Å². The van der Waals surface area contributed by atoms with Crippen LogP contribution in [0.4, 0.5) is 16.2 Å². The Labute approximate surface area is 201 Å². The van der Waals surface area contributed by atoms with Crippen molar-refractivity contribution < 1.29 is 14.1 Å². The lowest BCUT2D eigenvalue weighted by molar-refractivity contribution is -0.107. The molecular formula is C24H26N8O3. The minimum Gasteiger partial charge on any atom is -0.339 e. The number of rotatable bonds is 8. The van der Waals surface area contributed by atoms with E-state index in [1.165, 1.54) is 12.8 Å². The largest absolute Gasteiger partial charge is 0.339 e. The second-order valence-corrected chi connectivity index (χ2v) is 8.68. The number of unbranched alkanes of at least 4 members (excludes halogenated alkanes) is 1. The van der Waals surface area contributed by atoms with E-state index in [1.807, 2.05) is 17.5 Å². The Kier molecular flexibility index (Phi) is 6.47. The molecule has 2 N–H and O–H groups in total. The second-order valence-electron chi connectivity index (χ2n) is 8.68. The molecule has 0 aromatic carbocycles. The molecule has 0 unspecified atom stereocenters. The summed E-state index contributed by atoms with van der Waals surface area (Å²) in [4.78, 5) is 36.5. The van der Waals surface area contributed by atoms with Crippen molar-refractivity contribution in [2.75, 3.05) is 10.6 Å². The van der Waals surface area contributed by atoms with Crippen LogP contribution >= 0.6 is 0 Å². The summed E-state index contributed by atoms with van der Waals surface area (Å²) in [5.74, 6) is 1.17. The second kappa shape index (κ2) is 10.00. The standard InChI is InChI=1S/C24H26N8O3/c1-15-12-17(13-26-21(15)23-30-20(35-31-23)8-4-5-11-33)28-24(34)29-18-14-25-19-9-10-27-32(19)22(18)16-6-2-3-7-16/h9-14,16H,2-8H2,1H3,(H2,28,29,34). The molecule has 0 radical (unpaired) electrons. The zero-order chi connectivity index (χ0) is 24.2. The summed E-state index contributed by atoms with van der Waals surface area (Å²) >= 11 is 0. The van der Waals surface area contributed by atoms with Gasteiger partial charge < -0.3 is 20.0 Å². The first-order valence-electron chi connectivity index (χ1n) is 11.8. The van der Waals surface area contributed by atoms with Crippen LogP contribution in [0.25, 0.3) is 17.2 Å². The van der Waals surface area contributed by atoms with Crippen molar-refractivity contribution in [3.05, 3.63) is 47.9 Å². The highest BCUT2D eigenvalue weighted by Gasteiger charge is 2.24. The van der Waals surface area contributed by atoms with Gasteiger partial charge in [0.25, 0.3) is 0 Å². The molecule has 2 amide bonds. The average molecular weight is 475 g/mol. The molecule has 1 saturated carbocycles. The predicted octanol–water partition coefficient (Wildman–Crippen LogP) is 4.31. The van der Waals surface area contributed by atoms with Gasteiger partial charge in [-0.3, -0.25) is 4.98 Å². The third kappa shape index (κ3) is 4.88. The van der Waals surface area contributed by atoms with Gasteiger partial charge in [-0.15, -0.1) is 0 Å². The van der Waals surface area contributed by atoms with Crippen LogP contribution < -0.4 is 10.6 Å². The van der Waals surface area contributed by atoms with Gasteiger partial charge in [-0.2, -0.15) is 10.1 Å². The van der Waals surface area contributed by atoms with Gasteiger partial charge in [0.15, 0.2) is 5.65 Å². The number of urea groups is 1. The highest BCUT2D eigenvalue weighted by Crippen LogP contribution is 2.37. The van der Waals surface area contributed by atoms with E-state index in [0.717, 1.165) is 36.0 Å². The van der Waals surface area contributed by atoms with Crippen LogP contribution in [0.15, 0.2) is 35.2 Å². The quantitative estimate of drug-likeness (QED) is 0.284. The van der Waals surface area contributed by atoms with Gasteiger partial charge in [-0.05, 0) is 37.8 Å². The number of nitrogens with one attached hydrogen (secondary N) is 2. The van der Waals surface area contributed by atoms with Crippen LogP contribution in [0.3, 0.4) is 0 Å². The fourth-order valence-electron chi connectivity index (χ4n) is 4.53. The van der Waals surface area contributed by atoms with Crippen LogP contribution in [0.1, 0.15) is 61.6 Å². The molecule has 35 heavy (non-hydrogen) atoms. The molecular weight excluding hydrogens is 448 g/mol. The molecule has 1 aliphatic rings. The number of aryl methyl sites for hydroxylation is 2. The summed E-state index contributed by atoms with van der Waals surface area (Å²) in [6, 6.07) is 3.27. The summed E-state index contributed by atoms with van der Waals surface area (Å²) in [7, 11) is 0. The number of pyridine rings is 1. The topological polar surface area (TPSA) is 140 Å². The Morgan fingerprint density at radius 1 is 1.23 bits per heavy atom. The minimum atomic E-state index is -0.386. The molecule has 5 rings (SSSR count). The third-order valence-corrected chi connectivity index (χ3v) is 6.17. The lowest BCUT2D eigenvalue weighted by Crippen LogP contribution is -2.22. The van der Waals surface area contributed by atoms with E-state index < -0.39 is 0 Å². The van der Waals surface area contributed by atoms with Crippen molar-refractivity contribution in [1.29, 1.82) is 0 Å². The van der Waals surface area contributed by atoms with E-state index in [4.69, 9.17) is 4.52 Å². The number of nitrogens with zero attached hydrogens (tertiary/aromatic N) is 6. The number of aromatic nitrogens is 6. The lowest BCUT2D eigenvalue weighted by atomic mass is 10.0. The molecule has 4 aromatic heterocycles. The van der Waals surface area contributed by atoms with Gasteiger partial charge in [0, 0.05) is 24.8 Å². The Morgan fingerprint density at radius 3 is 2.89 bits per heavy atom. The zero-order valence-electron chi connectivity index (χ0n) is 19.4. The molecule has 0 atom stereocenters. The number of hydrogen-bond donors (Lipinski definition) is 2. The average Bonchev–Trinajstić information content (AvgIpc) is 3.61. The first-order valence-corrected chi connectivity index (χ1v) is 11.8. The normalized spacial score (nSPS) is 13.9. The maximum atomic E-state index is 12.8. The Hall–Kier alpha value is -4.15. The summed E-state index contributed by atoms with van der Waals surface area (Å²) in [6.45, 7) is 1.86. The van der Waals surface area contributed by atoms with E-state index in [2.05, 4.69) is 35.8 Å². The van der Waals surface area contributed by atoms with Crippen molar-refractivity contribution in [1.82, 2.24) is 29.7 Å². The predicted molar refractivity (Wildman–Crippen MR) is 128 cm³/mol. The van der Waals surface area contributed by atoms with Crippen molar-refractivity contribution >= 4 is 29.3 Å². The molecule has 4 heterocycles.